The summed E-state index contributed by atoms with van der Waals surface area (Å²) in [7, 11) is 0. The summed E-state index contributed by atoms with van der Waals surface area (Å²) >= 11 is 0. The van der Waals surface area contributed by atoms with Crippen molar-refractivity contribution in [2.75, 3.05) is 13.1 Å². The van der Waals surface area contributed by atoms with Gasteiger partial charge in [0.1, 0.15) is 0 Å². The van der Waals surface area contributed by atoms with Gasteiger partial charge in [-0.05, 0) is 0 Å². The van der Waals surface area contributed by atoms with E-state index in [-0.39, 0.29) is 6.04 Å². The molecule has 0 aliphatic rings. The van der Waals surface area contributed by atoms with Crippen LogP contribution in [-0.2, 0) is 4.79 Å². The molecule has 0 saturated heterocycles. The zero-order valence-electron chi connectivity index (χ0n) is 7.20. The molecule has 12 heavy (non-hydrogen) atoms. The summed E-state index contributed by atoms with van der Waals surface area (Å²) in [5.41, 5.74) is 0. The highest BCUT2D eigenvalue weighted by Crippen LogP contribution is 1.98. The van der Waals surface area contributed by atoms with E-state index in [9.17, 15) is 4.79 Å². The lowest BCUT2D eigenvalue weighted by Crippen LogP contribution is -2.35. The standard InChI is InChI=1S/C10H14NO/c1-4-7-11(8-5-2)10(6-3)9-12/h4-6,10H,1-3,7-8H2. The summed E-state index contributed by atoms with van der Waals surface area (Å²) in [6.45, 7) is 12.0. The van der Waals surface area contributed by atoms with Crippen LogP contribution >= 0.6 is 0 Å². The van der Waals surface area contributed by atoms with Crippen molar-refractivity contribution in [2.24, 2.45) is 0 Å². The van der Waals surface area contributed by atoms with Crippen LogP contribution in [0.4, 0.5) is 0 Å². The molecule has 0 N–H and O–H groups in total. The Hall–Kier alpha value is -1.15. The third-order valence-electron chi connectivity index (χ3n) is 1.46. The van der Waals surface area contributed by atoms with Crippen molar-refractivity contribution < 1.29 is 4.79 Å². The number of hydrogen-bond donors (Lipinski definition) is 0. The van der Waals surface area contributed by atoms with Gasteiger partial charge in [-0.2, -0.15) is 0 Å². The van der Waals surface area contributed by atoms with E-state index < -0.39 is 0 Å². The maximum atomic E-state index is 10.4. The normalized spacial score (nSPS) is 12.1. The second-order valence-corrected chi connectivity index (χ2v) is 2.33. The Balaban J connectivity index is 4.21. The summed E-state index contributed by atoms with van der Waals surface area (Å²) in [5.74, 6) is 0. The Bertz CT molecular complexity index is 157. The Morgan fingerprint density at radius 1 is 1.25 bits per heavy atom. The van der Waals surface area contributed by atoms with Gasteiger partial charge in [-0.3, -0.25) is 9.69 Å². The summed E-state index contributed by atoms with van der Waals surface area (Å²) in [6, 6.07) is -0.360. The van der Waals surface area contributed by atoms with Gasteiger partial charge >= 0.3 is 0 Å². The number of nitrogens with zero attached hydrogens (tertiary/aromatic N) is 1. The molecule has 0 rings (SSSR count). The second kappa shape index (κ2) is 6.55. The highest BCUT2D eigenvalue weighted by atomic mass is 16.1. The summed E-state index contributed by atoms with van der Waals surface area (Å²) in [6.07, 6.45) is 6.91. The molecule has 0 aromatic heterocycles. The van der Waals surface area contributed by atoms with Gasteiger partial charge in [-0.1, -0.05) is 18.2 Å². The average Bonchev–Trinajstić information content (AvgIpc) is 2.07. The zero-order chi connectivity index (χ0) is 9.40. The molecule has 0 saturated carbocycles. The van der Waals surface area contributed by atoms with Crippen LogP contribution in [0.5, 0.6) is 0 Å². The van der Waals surface area contributed by atoms with E-state index >= 15 is 0 Å². The van der Waals surface area contributed by atoms with E-state index in [1.54, 1.807) is 18.2 Å². The first-order valence-corrected chi connectivity index (χ1v) is 3.76. The molecule has 0 aromatic rings. The van der Waals surface area contributed by atoms with Crippen molar-refractivity contribution in [1.82, 2.24) is 4.90 Å². The molecular formula is C10H14NO. The van der Waals surface area contributed by atoms with E-state index in [0.29, 0.717) is 13.1 Å². The Kier molecular flexibility index (Phi) is 5.93. The molecule has 65 valence electrons. The van der Waals surface area contributed by atoms with E-state index in [0.717, 1.165) is 0 Å². The molecule has 0 aromatic carbocycles. The fourth-order valence-corrected chi connectivity index (χ4v) is 0.905. The van der Waals surface area contributed by atoms with Gasteiger partial charge in [0.25, 0.3) is 0 Å². The van der Waals surface area contributed by atoms with Crippen LogP contribution in [0.15, 0.2) is 38.0 Å². The maximum Gasteiger partial charge on any atom is 0.221 e. The summed E-state index contributed by atoms with van der Waals surface area (Å²) in [4.78, 5) is 12.3. The lowest BCUT2D eigenvalue weighted by Gasteiger charge is -2.21. The van der Waals surface area contributed by atoms with E-state index in [2.05, 4.69) is 19.7 Å². The van der Waals surface area contributed by atoms with Gasteiger partial charge in [-0.25, -0.2) is 0 Å². The van der Waals surface area contributed by atoms with Crippen LogP contribution in [0.3, 0.4) is 0 Å². The first-order valence-electron chi connectivity index (χ1n) is 3.76. The maximum absolute atomic E-state index is 10.4. The lowest BCUT2D eigenvalue weighted by atomic mass is 10.2. The fourth-order valence-electron chi connectivity index (χ4n) is 0.905. The van der Waals surface area contributed by atoms with Gasteiger partial charge in [0.15, 0.2) is 0 Å². The highest BCUT2D eigenvalue weighted by Gasteiger charge is 2.11. The van der Waals surface area contributed by atoms with Crippen molar-refractivity contribution in [3.05, 3.63) is 38.0 Å². The molecule has 0 spiro atoms. The van der Waals surface area contributed by atoms with E-state index in [4.69, 9.17) is 0 Å². The number of rotatable bonds is 7. The number of hydrogen-bond acceptors (Lipinski definition) is 2. The Morgan fingerprint density at radius 2 is 1.75 bits per heavy atom. The van der Waals surface area contributed by atoms with Gasteiger partial charge in [0.05, 0.1) is 6.04 Å². The van der Waals surface area contributed by atoms with Gasteiger partial charge in [-0.15, -0.1) is 19.7 Å². The summed E-state index contributed by atoms with van der Waals surface area (Å²) < 4.78 is 0. The largest absolute Gasteiger partial charge is 0.289 e. The minimum Gasteiger partial charge on any atom is -0.289 e. The predicted octanol–water partition coefficient (Wildman–Crippen LogP) is 1.32. The first-order chi connectivity index (χ1) is 5.79. The third kappa shape index (κ3) is 3.30. The van der Waals surface area contributed by atoms with Crippen LogP contribution in [0.1, 0.15) is 0 Å². The summed E-state index contributed by atoms with van der Waals surface area (Å²) in [5, 5.41) is 0. The van der Waals surface area contributed by atoms with Gasteiger partial charge < -0.3 is 0 Å². The molecule has 0 bridgehead atoms. The molecule has 0 heterocycles. The molecular weight excluding hydrogens is 150 g/mol. The highest BCUT2D eigenvalue weighted by molar-refractivity contribution is 5.61. The van der Waals surface area contributed by atoms with Crippen molar-refractivity contribution >= 4 is 6.29 Å². The minimum atomic E-state index is -0.360. The lowest BCUT2D eigenvalue weighted by molar-refractivity contribution is 0.324. The topological polar surface area (TPSA) is 20.3 Å². The molecule has 2 heteroatoms. The van der Waals surface area contributed by atoms with Gasteiger partial charge in [0.2, 0.25) is 6.29 Å². The molecule has 2 nitrogen and oxygen atoms in total. The minimum absolute atomic E-state index is 0.360. The molecule has 0 aliphatic carbocycles. The monoisotopic (exact) mass is 164 g/mol. The van der Waals surface area contributed by atoms with Crippen LogP contribution in [-0.4, -0.2) is 30.3 Å². The van der Waals surface area contributed by atoms with Crippen LogP contribution < -0.4 is 0 Å². The molecule has 0 amide bonds. The average molecular weight is 164 g/mol. The van der Waals surface area contributed by atoms with Crippen molar-refractivity contribution in [3.63, 3.8) is 0 Å². The smallest absolute Gasteiger partial charge is 0.221 e. The predicted molar refractivity (Wildman–Crippen MR) is 51.6 cm³/mol. The quantitative estimate of drug-likeness (QED) is 0.529. The SMILES string of the molecule is C=CCN(CC=C)C([C]=O)C=C. The first kappa shape index (κ1) is 10.8. The molecule has 0 aliphatic heterocycles. The zero-order valence-corrected chi connectivity index (χ0v) is 7.20. The van der Waals surface area contributed by atoms with Crippen molar-refractivity contribution in [1.29, 1.82) is 0 Å². The Morgan fingerprint density at radius 3 is 2.00 bits per heavy atom. The molecule has 0 fully saturated rings. The van der Waals surface area contributed by atoms with Crippen molar-refractivity contribution in [3.8, 4) is 0 Å². The molecule has 1 unspecified atom stereocenters. The fraction of sp³-hybridized carbons (Fsp3) is 0.300. The van der Waals surface area contributed by atoms with E-state index in [1.165, 1.54) is 0 Å². The van der Waals surface area contributed by atoms with E-state index in [1.807, 2.05) is 11.2 Å². The number of carbonyl (C=O) groups excluding carboxylic acids is 1. The van der Waals surface area contributed by atoms with Crippen LogP contribution in [0, 0.1) is 0 Å². The molecule has 1 radical (unpaired) electrons. The van der Waals surface area contributed by atoms with Crippen molar-refractivity contribution in [2.45, 2.75) is 6.04 Å². The van der Waals surface area contributed by atoms with Crippen LogP contribution in [0.25, 0.3) is 0 Å². The second-order valence-electron chi connectivity index (χ2n) is 2.33. The van der Waals surface area contributed by atoms with Crippen LogP contribution in [0.2, 0.25) is 0 Å². The van der Waals surface area contributed by atoms with Gasteiger partial charge in [0, 0.05) is 13.1 Å². The third-order valence-corrected chi connectivity index (χ3v) is 1.46. The molecule has 1 atom stereocenters. The Labute approximate surface area is 73.9 Å².